The molecule has 4 N–H and O–H groups in total. The van der Waals surface area contributed by atoms with Gasteiger partial charge >= 0.3 is 0 Å². The van der Waals surface area contributed by atoms with E-state index in [1.165, 1.54) is 22.9 Å². The molecule has 1 aliphatic rings. The van der Waals surface area contributed by atoms with Gasteiger partial charge in [-0.2, -0.15) is 0 Å². The highest BCUT2D eigenvalue weighted by atomic mass is 35.5. The maximum Gasteiger partial charge on any atom is 0.263 e. The molecule has 0 radical (unpaired) electrons. The Morgan fingerprint density at radius 1 is 1.22 bits per heavy atom. The van der Waals surface area contributed by atoms with Gasteiger partial charge in [0.1, 0.15) is 29.6 Å². The molecule has 0 bridgehead atoms. The van der Waals surface area contributed by atoms with Crippen LogP contribution in [0.15, 0.2) is 41.5 Å². The van der Waals surface area contributed by atoms with E-state index in [1.807, 2.05) is 13.8 Å². The number of anilines is 2. The molecule has 5 rings (SSSR count). The largest absolute Gasteiger partial charge is 0.507 e. The van der Waals surface area contributed by atoms with Crippen molar-refractivity contribution in [3.8, 4) is 16.9 Å². The average molecular weight is 580 g/mol. The van der Waals surface area contributed by atoms with E-state index in [-0.39, 0.29) is 46.0 Å². The van der Waals surface area contributed by atoms with Crippen LogP contribution in [-0.4, -0.2) is 61.3 Å². The minimum atomic E-state index is -0.816. The van der Waals surface area contributed by atoms with Gasteiger partial charge in [-0.05, 0) is 38.5 Å². The number of aryl methyl sites for hydroxylation is 1. The van der Waals surface area contributed by atoms with Crippen LogP contribution in [0, 0.1) is 6.92 Å². The van der Waals surface area contributed by atoms with Gasteiger partial charge in [0.25, 0.3) is 11.5 Å². The number of aromatic hydroxyl groups is 1. The highest BCUT2D eigenvalue weighted by molar-refractivity contribution is 6.33. The van der Waals surface area contributed by atoms with Gasteiger partial charge in [0.2, 0.25) is 5.91 Å². The number of amides is 2. The summed E-state index contributed by atoms with van der Waals surface area (Å²) in [6, 6.07) is 6.02. The van der Waals surface area contributed by atoms with Crippen LogP contribution in [0.5, 0.6) is 5.75 Å². The number of hydrogen-bond donors (Lipinski definition) is 3. The maximum atomic E-state index is 13.3. The molecule has 214 valence electrons. The van der Waals surface area contributed by atoms with Crippen molar-refractivity contribution in [3.05, 3.63) is 63.4 Å². The van der Waals surface area contributed by atoms with Crippen molar-refractivity contribution < 1.29 is 19.4 Å². The molecule has 2 atom stereocenters. The van der Waals surface area contributed by atoms with E-state index in [1.54, 1.807) is 36.9 Å². The first-order valence-corrected chi connectivity index (χ1v) is 13.4. The molecule has 0 spiro atoms. The van der Waals surface area contributed by atoms with Gasteiger partial charge in [0.15, 0.2) is 0 Å². The van der Waals surface area contributed by atoms with E-state index in [2.05, 4.69) is 20.2 Å². The normalized spacial score (nSPS) is 17.1. The Morgan fingerprint density at radius 3 is 2.61 bits per heavy atom. The number of pyridine rings is 1. The molecule has 4 heterocycles. The highest BCUT2D eigenvalue weighted by Crippen LogP contribution is 2.32. The second-order valence-corrected chi connectivity index (χ2v) is 10.6. The van der Waals surface area contributed by atoms with Gasteiger partial charge in [-0.15, -0.1) is 0 Å². The number of fused-ring (bicyclic) bond motifs is 1. The fourth-order valence-corrected chi connectivity index (χ4v) is 5.22. The van der Waals surface area contributed by atoms with E-state index < -0.39 is 11.8 Å². The second kappa shape index (κ2) is 10.9. The molecule has 0 saturated carbocycles. The molecule has 12 nitrogen and oxygen atoms in total. The van der Waals surface area contributed by atoms with E-state index in [9.17, 15) is 19.5 Å². The van der Waals surface area contributed by atoms with Crippen LogP contribution in [0.2, 0.25) is 5.02 Å². The zero-order chi connectivity index (χ0) is 29.6. The number of phenols is 1. The van der Waals surface area contributed by atoms with Crippen LogP contribution in [0.3, 0.4) is 0 Å². The summed E-state index contributed by atoms with van der Waals surface area (Å²) < 4.78 is 8.77. The number of carbonyl (C=O) groups excluding carboxylic acids is 2. The summed E-state index contributed by atoms with van der Waals surface area (Å²) in [5, 5.41) is 13.4. The molecular formula is C28H30ClN7O5. The molecule has 1 saturated heterocycles. The molecule has 2 amide bonds. The third-order valence-corrected chi connectivity index (χ3v) is 7.37. The van der Waals surface area contributed by atoms with Crippen LogP contribution in [-0.2, 0) is 23.1 Å². The lowest BCUT2D eigenvalue weighted by Gasteiger charge is -2.36. The Labute approximate surface area is 240 Å². The number of morpholine rings is 1. The van der Waals surface area contributed by atoms with E-state index in [0.29, 0.717) is 47.2 Å². The molecule has 13 heteroatoms. The molecule has 41 heavy (non-hydrogen) atoms. The number of aromatic nitrogens is 4. The Hall–Kier alpha value is -4.42. The van der Waals surface area contributed by atoms with Crippen LogP contribution in [0.4, 0.5) is 11.5 Å². The number of hydrogen-bond acceptors (Lipinski definition) is 8. The molecule has 1 aromatic carbocycles. The minimum absolute atomic E-state index is 0.0294. The summed E-state index contributed by atoms with van der Waals surface area (Å²) in [5.41, 5.74) is 6.58. The minimum Gasteiger partial charge on any atom is -0.507 e. The second-order valence-electron chi connectivity index (χ2n) is 10.2. The van der Waals surface area contributed by atoms with Crippen molar-refractivity contribution in [2.75, 3.05) is 23.3 Å². The van der Waals surface area contributed by atoms with Crippen molar-refractivity contribution in [1.82, 2.24) is 19.1 Å². The molecule has 1 fully saturated rings. The first kappa shape index (κ1) is 28.1. The van der Waals surface area contributed by atoms with Crippen molar-refractivity contribution >= 4 is 46.0 Å². The summed E-state index contributed by atoms with van der Waals surface area (Å²) in [5.74, 6) is -0.378. The van der Waals surface area contributed by atoms with E-state index >= 15 is 0 Å². The molecule has 0 unspecified atom stereocenters. The quantitative estimate of drug-likeness (QED) is 0.315. The number of nitrogens with zero attached hydrogens (tertiary/aromatic N) is 5. The third kappa shape index (κ3) is 5.48. The van der Waals surface area contributed by atoms with Gasteiger partial charge < -0.3 is 30.4 Å². The SMILES string of the molecule is Cc1nc2c(c(-c3ccc(O)c(C(N)=O)c3)cn2CC(=O)Nc2cc(N3C[C@@H](C)O[C@@H](C)C3)ncc2Cl)c(=O)n1C. The van der Waals surface area contributed by atoms with Gasteiger partial charge in [0.05, 0.1) is 40.1 Å². The van der Waals surface area contributed by atoms with Crippen molar-refractivity contribution in [2.45, 2.75) is 39.5 Å². The van der Waals surface area contributed by atoms with Gasteiger partial charge in [-0.1, -0.05) is 17.7 Å². The molecule has 4 aromatic rings. The van der Waals surface area contributed by atoms with Crippen molar-refractivity contribution in [2.24, 2.45) is 12.8 Å². The van der Waals surface area contributed by atoms with Crippen molar-refractivity contribution in [3.63, 3.8) is 0 Å². The summed E-state index contributed by atoms with van der Waals surface area (Å²) in [7, 11) is 1.60. The number of halogens is 1. The van der Waals surface area contributed by atoms with E-state index in [0.717, 1.165) is 0 Å². The van der Waals surface area contributed by atoms with Crippen LogP contribution >= 0.6 is 11.6 Å². The van der Waals surface area contributed by atoms with Gasteiger partial charge in [-0.25, -0.2) is 9.97 Å². The lowest BCUT2D eigenvalue weighted by molar-refractivity contribution is -0.116. The number of nitrogens with two attached hydrogens (primary N) is 1. The van der Waals surface area contributed by atoms with Crippen LogP contribution in [0.25, 0.3) is 22.2 Å². The Bertz CT molecular complexity index is 1740. The number of ether oxygens (including phenoxy) is 1. The summed E-state index contributed by atoms with van der Waals surface area (Å²) >= 11 is 6.39. The van der Waals surface area contributed by atoms with Crippen LogP contribution < -0.4 is 21.5 Å². The third-order valence-electron chi connectivity index (χ3n) is 7.07. The maximum absolute atomic E-state index is 13.3. The number of rotatable bonds is 6. The summed E-state index contributed by atoms with van der Waals surface area (Å²) in [4.78, 5) is 49.6. The predicted molar refractivity (Wildman–Crippen MR) is 155 cm³/mol. The number of carbonyl (C=O) groups is 2. The van der Waals surface area contributed by atoms with Crippen LogP contribution in [0.1, 0.15) is 30.0 Å². The summed E-state index contributed by atoms with van der Waals surface area (Å²) in [6.07, 6.45) is 3.17. The Kier molecular flexibility index (Phi) is 7.45. The van der Waals surface area contributed by atoms with E-state index in [4.69, 9.17) is 22.1 Å². The fraction of sp³-hybridized carbons (Fsp3) is 0.321. The Balaban J connectivity index is 1.50. The molecule has 1 aliphatic heterocycles. The smallest absolute Gasteiger partial charge is 0.263 e. The number of primary amides is 1. The zero-order valence-electron chi connectivity index (χ0n) is 23.0. The average Bonchev–Trinajstić information content (AvgIpc) is 3.25. The van der Waals surface area contributed by atoms with Gasteiger partial charge in [-0.3, -0.25) is 19.0 Å². The topological polar surface area (TPSA) is 158 Å². The monoisotopic (exact) mass is 579 g/mol. The lowest BCUT2D eigenvalue weighted by atomic mass is 10.0. The Morgan fingerprint density at radius 2 is 1.93 bits per heavy atom. The number of benzene rings is 1. The zero-order valence-corrected chi connectivity index (χ0v) is 23.8. The first-order valence-electron chi connectivity index (χ1n) is 13.0. The molecule has 3 aromatic heterocycles. The molecule has 0 aliphatic carbocycles. The highest BCUT2D eigenvalue weighted by Gasteiger charge is 2.24. The van der Waals surface area contributed by atoms with Gasteiger partial charge in [0, 0.05) is 38.0 Å². The number of nitrogens with one attached hydrogen (secondary N) is 1. The fourth-order valence-electron chi connectivity index (χ4n) is 5.07. The lowest BCUT2D eigenvalue weighted by Crippen LogP contribution is -2.45. The van der Waals surface area contributed by atoms with Crippen molar-refractivity contribution in [1.29, 1.82) is 0 Å². The predicted octanol–water partition coefficient (Wildman–Crippen LogP) is 2.82. The first-order chi connectivity index (χ1) is 19.4. The molecular weight excluding hydrogens is 550 g/mol. The summed E-state index contributed by atoms with van der Waals surface area (Å²) in [6.45, 7) is 6.80. The standard InChI is InChI=1S/C28H30ClN7O5/c1-14-10-35(11-15(2)41-14)23-8-21(20(29)9-31-23)33-24(38)13-36-12-19(17-5-6-22(37)18(7-17)26(30)39)25-27(36)32-16(3)34(4)28(25)40/h5-9,12,14-15,37H,10-11,13H2,1-4H3,(H2,30,39)(H,31,33,38)/t14-,15+.